The number of nitrogens with one attached hydrogen (secondary N) is 2. The minimum absolute atomic E-state index is 0. The molecule has 0 radical (unpaired) electrons. The zero-order valence-electron chi connectivity index (χ0n) is 16.6. The smallest absolute Gasteiger partial charge is 0.191 e. The predicted octanol–water partition coefficient (Wildman–Crippen LogP) is 3.28. The third-order valence-corrected chi connectivity index (χ3v) is 4.67. The molecule has 0 saturated carbocycles. The van der Waals surface area contributed by atoms with Crippen LogP contribution in [0.15, 0.2) is 29.3 Å². The zero-order chi connectivity index (χ0) is 18.1. The fraction of sp³-hybridized carbons (Fsp3) is 0.650. The van der Waals surface area contributed by atoms with Crippen LogP contribution in [0, 0.1) is 12.8 Å². The Kier molecular flexibility index (Phi) is 11.0. The third kappa shape index (κ3) is 7.70. The Morgan fingerprint density at radius 2 is 2.12 bits per heavy atom. The van der Waals surface area contributed by atoms with Gasteiger partial charge in [0.05, 0.1) is 6.54 Å². The van der Waals surface area contributed by atoms with Crippen molar-refractivity contribution in [1.29, 1.82) is 0 Å². The molecule has 2 unspecified atom stereocenters. The van der Waals surface area contributed by atoms with Crippen LogP contribution in [0.2, 0.25) is 0 Å². The maximum absolute atomic E-state index is 6.01. The molecule has 5 nitrogen and oxygen atoms in total. The van der Waals surface area contributed by atoms with Gasteiger partial charge in [-0.15, -0.1) is 24.0 Å². The highest BCUT2D eigenvalue weighted by Crippen LogP contribution is 2.17. The number of rotatable bonds is 8. The van der Waals surface area contributed by atoms with Gasteiger partial charge in [0, 0.05) is 20.1 Å². The van der Waals surface area contributed by atoms with Crippen molar-refractivity contribution < 1.29 is 4.74 Å². The van der Waals surface area contributed by atoms with Gasteiger partial charge in [0.15, 0.2) is 5.96 Å². The first-order valence-corrected chi connectivity index (χ1v) is 9.51. The summed E-state index contributed by atoms with van der Waals surface area (Å²) in [6.07, 6.45) is 2.59. The molecule has 1 aliphatic heterocycles. The Balaban J connectivity index is 0.00000338. The van der Waals surface area contributed by atoms with E-state index < -0.39 is 0 Å². The number of aliphatic imine (C=N–C) groups is 1. The minimum Gasteiger partial charge on any atom is -0.489 e. The molecule has 2 N–H and O–H groups in total. The van der Waals surface area contributed by atoms with Crippen LogP contribution < -0.4 is 15.4 Å². The van der Waals surface area contributed by atoms with E-state index in [0.717, 1.165) is 30.4 Å². The topological polar surface area (TPSA) is 48.9 Å². The summed E-state index contributed by atoms with van der Waals surface area (Å²) in [6, 6.07) is 8.12. The average Bonchev–Trinajstić information content (AvgIpc) is 3.05. The number of ether oxygens (including phenoxy) is 1. The highest BCUT2D eigenvalue weighted by atomic mass is 127. The average molecular weight is 474 g/mol. The molecule has 148 valence electrons. The molecule has 0 aromatic heterocycles. The lowest BCUT2D eigenvalue weighted by atomic mass is 10.1. The number of nitrogens with zero attached hydrogens (tertiary/aromatic N) is 2. The monoisotopic (exact) mass is 474 g/mol. The lowest BCUT2D eigenvalue weighted by Gasteiger charge is -2.20. The second-order valence-electron chi connectivity index (χ2n) is 6.98. The lowest BCUT2D eigenvalue weighted by molar-refractivity contribution is 0.222. The van der Waals surface area contributed by atoms with Crippen LogP contribution >= 0.6 is 24.0 Å². The van der Waals surface area contributed by atoms with Crippen LogP contribution in [-0.4, -0.2) is 56.7 Å². The molecule has 2 rings (SSSR count). The van der Waals surface area contributed by atoms with Crippen molar-refractivity contribution in [3.63, 3.8) is 0 Å². The maximum Gasteiger partial charge on any atom is 0.191 e. The molecule has 0 amide bonds. The van der Waals surface area contributed by atoms with Gasteiger partial charge in [-0.3, -0.25) is 4.99 Å². The molecule has 1 saturated heterocycles. The first-order valence-electron chi connectivity index (χ1n) is 9.51. The molecule has 1 aromatic carbocycles. The fourth-order valence-corrected chi connectivity index (χ4v) is 3.25. The molecule has 1 aliphatic rings. The largest absolute Gasteiger partial charge is 0.489 e. The van der Waals surface area contributed by atoms with Gasteiger partial charge < -0.3 is 20.3 Å². The number of halogens is 1. The number of aryl methyl sites for hydroxylation is 1. The van der Waals surface area contributed by atoms with Gasteiger partial charge in [-0.2, -0.15) is 0 Å². The van der Waals surface area contributed by atoms with Crippen LogP contribution in [0.1, 0.15) is 32.3 Å². The SMILES string of the molecule is CCCN1CCC(CNC(=NC)NCC(C)Oc2ccccc2C)C1.I. The number of hydrogen-bond acceptors (Lipinski definition) is 3. The van der Waals surface area contributed by atoms with Gasteiger partial charge in [-0.1, -0.05) is 25.1 Å². The van der Waals surface area contributed by atoms with Crippen molar-refractivity contribution in [2.45, 2.75) is 39.7 Å². The minimum atomic E-state index is 0. The Morgan fingerprint density at radius 3 is 2.81 bits per heavy atom. The van der Waals surface area contributed by atoms with E-state index in [-0.39, 0.29) is 30.1 Å². The fourth-order valence-electron chi connectivity index (χ4n) is 3.25. The van der Waals surface area contributed by atoms with E-state index in [1.165, 1.54) is 32.5 Å². The van der Waals surface area contributed by atoms with Crippen molar-refractivity contribution in [2.24, 2.45) is 10.9 Å². The van der Waals surface area contributed by atoms with E-state index >= 15 is 0 Å². The van der Waals surface area contributed by atoms with E-state index in [9.17, 15) is 0 Å². The Hall–Kier alpha value is -1.02. The summed E-state index contributed by atoms with van der Waals surface area (Å²) in [6.45, 7) is 11.7. The molecule has 6 heteroatoms. The van der Waals surface area contributed by atoms with Gasteiger partial charge >= 0.3 is 0 Å². The van der Waals surface area contributed by atoms with Crippen LogP contribution in [0.3, 0.4) is 0 Å². The third-order valence-electron chi connectivity index (χ3n) is 4.67. The first-order chi connectivity index (χ1) is 12.1. The van der Waals surface area contributed by atoms with E-state index in [1.807, 2.05) is 25.2 Å². The van der Waals surface area contributed by atoms with Crippen LogP contribution in [0.5, 0.6) is 5.75 Å². The summed E-state index contributed by atoms with van der Waals surface area (Å²) in [4.78, 5) is 6.88. The molecular formula is C20H35IN4O. The van der Waals surface area contributed by atoms with Gasteiger partial charge in [0.25, 0.3) is 0 Å². The van der Waals surface area contributed by atoms with Crippen molar-refractivity contribution in [1.82, 2.24) is 15.5 Å². The normalized spacial score (nSPS) is 18.9. The highest BCUT2D eigenvalue weighted by molar-refractivity contribution is 14.0. The number of hydrogen-bond donors (Lipinski definition) is 2. The summed E-state index contributed by atoms with van der Waals surface area (Å²) in [5, 5.41) is 6.83. The van der Waals surface area contributed by atoms with Gasteiger partial charge in [-0.05, 0) is 57.3 Å². The van der Waals surface area contributed by atoms with Crippen molar-refractivity contribution in [2.75, 3.05) is 39.8 Å². The molecule has 0 aliphatic carbocycles. The van der Waals surface area contributed by atoms with E-state index in [1.54, 1.807) is 0 Å². The number of likely N-dealkylation sites (tertiary alicyclic amines) is 1. The van der Waals surface area contributed by atoms with E-state index in [0.29, 0.717) is 5.92 Å². The quantitative estimate of drug-likeness (QED) is 0.345. The van der Waals surface area contributed by atoms with Gasteiger partial charge in [-0.25, -0.2) is 0 Å². The predicted molar refractivity (Wildman–Crippen MR) is 121 cm³/mol. The molecule has 0 spiro atoms. The summed E-state index contributed by atoms with van der Waals surface area (Å²) < 4.78 is 6.01. The standard InChI is InChI=1S/C20H34N4O.HI/c1-5-11-24-12-10-18(15-24)14-23-20(21-4)22-13-17(3)25-19-9-7-6-8-16(19)2;/h6-9,17-18H,5,10-15H2,1-4H3,(H2,21,22,23);1H. The molecule has 26 heavy (non-hydrogen) atoms. The second kappa shape index (κ2) is 12.4. The van der Waals surface area contributed by atoms with Crippen molar-refractivity contribution >= 4 is 29.9 Å². The van der Waals surface area contributed by atoms with Crippen LogP contribution in [-0.2, 0) is 0 Å². The first kappa shape index (κ1) is 23.0. The van der Waals surface area contributed by atoms with E-state index in [2.05, 4.69) is 47.4 Å². The Labute approximate surface area is 176 Å². The molecule has 0 bridgehead atoms. The van der Waals surface area contributed by atoms with Crippen LogP contribution in [0.4, 0.5) is 0 Å². The van der Waals surface area contributed by atoms with Crippen molar-refractivity contribution in [3.05, 3.63) is 29.8 Å². The Bertz CT molecular complexity index is 552. The summed E-state index contributed by atoms with van der Waals surface area (Å²) in [5.74, 6) is 2.52. The molecular weight excluding hydrogens is 439 g/mol. The summed E-state index contributed by atoms with van der Waals surface area (Å²) >= 11 is 0. The van der Waals surface area contributed by atoms with Crippen LogP contribution in [0.25, 0.3) is 0 Å². The van der Waals surface area contributed by atoms with Gasteiger partial charge in [0.2, 0.25) is 0 Å². The molecule has 1 heterocycles. The summed E-state index contributed by atoms with van der Waals surface area (Å²) in [7, 11) is 1.82. The maximum atomic E-state index is 6.01. The number of guanidine groups is 1. The highest BCUT2D eigenvalue weighted by Gasteiger charge is 2.21. The molecule has 1 fully saturated rings. The number of benzene rings is 1. The number of para-hydroxylation sites is 1. The van der Waals surface area contributed by atoms with Gasteiger partial charge in [0.1, 0.15) is 11.9 Å². The van der Waals surface area contributed by atoms with Crippen molar-refractivity contribution in [3.8, 4) is 5.75 Å². The zero-order valence-corrected chi connectivity index (χ0v) is 19.0. The second-order valence-corrected chi connectivity index (χ2v) is 6.98. The van der Waals surface area contributed by atoms with E-state index in [4.69, 9.17) is 4.74 Å². The molecule has 1 aromatic rings. The Morgan fingerprint density at radius 1 is 1.35 bits per heavy atom. The lowest BCUT2D eigenvalue weighted by Crippen LogP contribution is -2.43. The molecule has 2 atom stereocenters. The summed E-state index contributed by atoms with van der Waals surface area (Å²) in [5.41, 5.74) is 1.16.